The van der Waals surface area contributed by atoms with Crippen molar-refractivity contribution in [2.75, 3.05) is 6.61 Å². The van der Waals surface area contributed by atoms with E-state index in [-0.39, 0.29) is 11.5 Å². The lowest BCUT2D eigenvalue weighted by molar-refractivity contribution is -0.147. The van der Waals surface area contributed by atoms with Crippen molar-refractivity contribution in [1.29, 1.82) is 0 Å². The van der Waals surface area contributed by atoms with Gasteiger partial charge < -0.3 is 9.30 Å². The summed E-state index contributed by atoms with van der Waals surface area (Å²) in [6, 6.07) is 0.959. The molecular weight excluding hydrogens is 310 g/mol. The van der Waals surface area contributed by atoms with E-state index in [1.807, 2.05) is 20.8 Å². The summed E-state index contributed by atoms with van der Waals surface area (Å²) in [7, 11) is 0. The average Bonchev–Trinajstić information content (AvgIpc) is 2.31. The first-order valence-corrected chi connectivity index (χ1v) is 7.21. The Morgan fingerprint density at radius 3 is 2.63 bits per heavy atom. The second-order valence-electron chi connectivity index (χ2n) is 4.95. The molecule has 0 fully saturated rings. The highest BCUT2D eigenvalue weighted by Crippen LogP contribution is 2.21. The molecule has 19 heavy (non-hydrogen) atoms. The van der Waals surface area contributed by atoms with Gasteiger partial charge in [0.05, 0.1) is 6.61 Å². The van der Waals surface area contributed by atoms with Crippen LogP contribution in [0.5, 0.6) is 0 Å². The minimum absolute atomic E-state index is 0.181. The van der Waals surface area contributed by atoms with Crippen LogP contribution >= 0.6 is 15.9 Å². The van der Waals surface area contributed by atoms with E-state index < -0.39 is 6.04 Å². The van der Waals surface area contributed by atoms with Crippen molar-refractivity contribution >= 4 is 21.9 Å². The van der Waals surface area contributed by atoms with E-state index in [0.717, 1.165) is 10.0 Å². The van der Waals surface area contributed by atoms with Crippen molar-refractivity contribution in [3.8, 4) is 0 Å². The zero-order valence-corrected chi connectivity index (χ0v) is 13.4. The fourth-order valence-corrected chi connectivity index (χ4v) is 2.20. The molecule has 0 saturated carbocycles. The van der Waals surface area contributed by atoms with Gasteiger partial charge in [-0.25, -0.2) is 4.79 Å². The maximum absolute atomic E-state index is 12.1. The van der Waals surface area contributed by atoms with E-state index in [1.54, 1.807) is 13.1 Å². The molecule has 1 atom stereocenters. The van der Waals surface area contributed by atoms with Gasteiger partial charge in [-0.2, -0.15) is 0 Å². The van der Waals surface area contributed by atoms with Gasteiger partial charge >= 0.3 is 5.97 Å². The van der Waals surface area contributed by atoms with Gasteiger partial charge in [-0.05, 0) is 47.7 Å². The molecule has 0 spiro atoms. The van der Waals surface area contributed by atoms with E-state index in [4.69, 9.17) is 4.74 Å². The summed E-state index contributed by atoms with van der Waals surface area (Å²) in [6.45, 7) is 7.95. The fraction of sp³-hybridized carbons (Fsp3) is 0.571. The molecule has 5 heteroatoms. The minimum Gasteiger partial charge on any atom is -0.464 e. The lowest BCUT2D eigenvalue weighted by Gasteiger charge is -2.20. The Bertz CT molecular complexity index is 508. The van der Waals surface area contributed by atoms with Crippen molar-refractivity contribution in [1.82, 2.24) is 4.57 Å². The molecule has 0 aliphatic rings. The van der Waals surface area contributed by atoms with Crippen LogP contribution in [0.1, 0.15) is 38.8 Å². The molecule has 1 aromatic rings. The van der Waals surface area contributed by atoms with Crippen molar-refractivity contribution in [3.05, 3.63) is 32.7 Å². The van der Waals surface area contributed by atoms with Gasteiger partial charge in [0, 0.05) is 16.7 Å². The number of ether oxygens (including phenoxy) is 1. The molecule has 0 bridgehead atoms. The molecule has 0 saturated heterocycles. The Morgan fingerprint density at radius 1 is 1.47 bits per heavy atom. The minimum atomic E-state index is -0.565. The Kier molecular flexibility index (Phi) is 5.79. The molecule has 0 radical (unpaired) electrons. The third kappa shape index (κ3) is 4.20. The summed E-state index contributed by atoms with van der Waals surface area (Å²) in [6.07, 6.45) is 2.25. The summed E-state index contributed by atoms with van der Waals surface area (Å²) in [4.78, 5) is 24.1. The van der Waals surface area contributed by atoms with E-state index in [0.29, 0.717) is 18.9 Å². The maximum atomic E-state index is 12.1. The predicted molar refractivity (Wildman–Crippen MR) is 78.3 cm³/mol. The van der Waals surface area contributed by atoms with Crippen molar-refractivity contribution in [3.63, 3.8) is 0 Å². The van der Waals surface area contributed by atoms with Crippen LogP contribution in [0.3, 0.4) is 0 Å². The molecule has 106 valence electrons. The van der Waals surface area contributed by atoms with Crippen LogP contribution < -0.4 is 5.56 Å². The Morgan fingerprint density at radius 2 is 2.11 bits per heavy atom. The smallest absolute Gasteiger partial charge is 0.329 e. The molecule has 1 unspecified atom stereocenters. The Balaban J connectivity index is 3.20. The molecule has 1 aromatic heterocycles. The maximum Gasteiger partial charge on any atom is 0.329 e. The first kappa shape index (κ1) is 16.0. The fourth-order valence-electron chi connectivity index (χ4n) is 1.87. The number of carbonyl (C=O) groups is 1. The van der Waals surface area contributed by atoms with Crippen LogP contribution in [0.25, 0.3) is 0 Å². The van der Waals surface area contributed by atoms with Gasteiger partial charge in [0.1, 0.15) is 6.04 Å². The van der Waals surface area contributed by atoms with E-state index >= 15 is 0 Å². The summed E-state index contributed by atoms with van der Waals surface area (Å²) in [5, 5.41) is 0. The van der Waals surface area contributed by atoms with Crippen molar-refractivity contribution < 1.29 is 9.53 Å². The standard InChI is InChI=1S/C14H20BrNO3/c1-5-19-14(18)12(6-9(2)3)16-8-11(15)10(4)7-13(16)17/h7-9,12H,5-6H2,1-4H3. The van der Waals surface area contributed by atoms with E-state index in [1.165, 1.54) is 10.6 Å². The molecule has 0 N–H and O–H groups in total. The van der Waals surface area contributed by atoms with Gasteiger partial charge in [-0.3, -0.25) is 4.79 Å². The number of rotatable bonds is 5. The summed E-state index contributed by atoms with van der Waals surface area (Å²) in [5.41, 5.74) is 0.674. The number of aryl methyl sites for hydroxylation is 1. The summed E-state index contributed by atoms with van der Waals surface area (Å²) in [5.74, 6) is -0.0598. The second kappa shape index (κ2) is 6.89. The lowest BCUT2D eigenvalue weighted by atomic mass is 10.0. The van der Waals surface area contributed by atoms with Gasteiger partial charge in [-0.15, -0.1) is 0 Å². The van der Waals surface area contributed by atoms with Crippen LogP contribution in [0.4, 0.5) is 0 Å². The quantitative estimate of drug-likeness (QED) is 0.780. The average molecular weight is 330 g/mol. The Hall–Kier alpha value is -1.10. The summed E-state index contributed by atoms with van der Waals surface area (Å²) >= 11 is 3.39. The predicted octanol–water partition coefficient (Wildman–Crippen LogP) is 3.07. The lowest BCUT2D eigenvalue weighted by Crippen LogP contribution is -2.31. The molecule has 4 nitrogen and oxygen atoms in total. The van der Waals surface area contributed by atoms with Crippen LogP contribution in [0, 0.1) is 12.8 Å². The number of aromatic nitrogens is 1. The molecule has 0 amide bonds. The second-order valence-corrected chi connectivity index (χ2v) is 5.80. The Labute approximate surface area is 121 Å². The highest BCUT2D eigenvalue weighted by atomic mass is 79.9. The van der Waals surface area contributed by atoms with Gasteiger partial charge in [-0.1, -0.05) is 13.8 Å². The molecule has 1 heterocycles. The van der Waals surface area contributed by atoms with Crippen LogP contribution in [0.15, 0.2) is 21.5 Å². The normalized spacial score (nSPS) is 12.5. The molecular formula is C14H20BrNO3. The van der Waals surface area contributed by atoms with Crippen molar-refractivity contribution in [2.45, 2.75) is 40.2 Å². The third-order valence-electron chi connectivity index (χ3n) is 2.81. The van der Waals surface area contributed by atoms with Gasteiger partial charge in [0.15, 0.2) is 0 Å². The topological polar surface area (TPSA) is 48.3 Å². The highest BCUT2D eigenvalue weighted by molar-refractivity contribution is 9.10. The number of hydrogen-bond acceptors (Lipinski definition) is 3. The van der Waals surface area contributed by atoms with Gasteiger partial charge in [0.25, 0.3) is 5.56 Å². The third-order valence-corrected chi connectivity index (χ3v) is 3.64. The molecule has 0 aliphatic heterocycles. The SMILES string of the molecule is CCOC(=O)C(CC(C)C)n1cc(Br)c(C)cc1=O. The first-order valence-electron chi connectivity index (χ1n) is 6.41. The molecule has 1 rings (SSSR count). The molecule has 0 aromatic carbocycles. The zero-order valence-electron chi connectivity index (χ0n) is 11.8. The number of hydrogen-bond donors (Lipinski definition) is 0. The van der Waals surface area contributed by atoms with Gasteiger partial charge in [0.2, 0.25) is 0 Å². The van der Waals surface area contributed by atoms with Crippen molar-refractivity contribution in [2.24, 2.45) is 5.92 Å². The first-order chi connectivity index (χ1) is 8.86. The number of esters is 1. The highest BCUT2D eigenvalue weighted by Gasteiger charge is 2.24. The zero-order chi connectivity index (χ0) is 14.6. The van der Waals surface area contributed by atoms with Crippen LogP contribution in [-0.4, -0.2) is 17.1 Å². The largest absolute Gasteiger partial charge is 0.464 e. The number of halogens is 1. The van der Waals surface area contributed by atoms with E-state index in [2.05, 4.69) is 15.9 Å². The monoisotopic (exact) mass is 329 g/mol. The van der Waals surface area contributed by atoms with Crippen LogP contribution in [0.2, 0.25) is 0 Å². The number of carbonyl (C=O) groups excluding carboxylic acids is 1. The number of pyridine rings is 1. The van der Waals surface area contributed by atoms with Crippen LogP contribution in [-0.2, 0) is 9.53 Å². The summed E-state index contributed by atoms with van der Waals surface area (Å²) < 4.78 is 7.33. The number of nitrogens with zero attached hydrogens (tertiary/aromatic N) is 1. The van der Waals surface area contributed by atoms with E-state index in [9.17, 15) is 9.59 Å². The molecule has 0 aliphatic carbocycles.